The summed E-state index contributed by atoms with van der Waals surface area (Å²) < 4.78 is 66.9. The molecule has 1 saturated carbocycles. The standard InChI is InChI=1S/C22H26F3N3O4S/c1-14-13-18(28(27-14)15-7-3-2-4-8-15)20(26)16(21(29)30)11-12-33(31,32)19-10-6-5-9-17(19)22(23,24)25/h5-6,9-10,13,15-16,26H,2-4,7-8,11-12H2,1H3,(H,29,30). The van der Waals surface area contributed by atoms with Crippen LogP contribution in [-0.4, -0.2) is 40.7 Å². The molecule has 1 unspecified atom stereocenters. The summed E-state index contributed by atoms with van der Waals surface area (Å²) in [6, 6.07) is 5.44. The molecule has 0 amide bonds. The molecule has 1 aliphatic rings. The number of nitrogens with one attached hydrogen (secondary N) is 1. The number of aromatic nitrogens is 2. The number of halogens is 3. The molecule has 2 N–H and O–H groups in total. The number of nitrogens with zero attached hydrogens (tertiary/aromatic N) is 2. The lowest BCUT2D eigenvalue weighted by molar-refractivity contribution is -0.140. The van der Waals surface area contributed by atoms with Crippen LogP contribution in [0.1, 0.15) is 61.5 Å². The third-order valence-electron chi connectivity index (χ3n) is 5.90. The third kappa shape index (κ3) is 5.63. The van der Waals surface area contributed by atoms with Crippen LogP contribution in [0, 0.1) is 18.3 Å². The molecule has 11 heteroatoms. The van der Waals surface area contributed by atoms with Crippen LogP contribution in [0.2, 0.25) is 0 Å². The zero-order valence-electron chi connectivity index (χ0n) is 18.1. The normalized spacial score (nSPS) is 16.5. The molecule has 0 saturated heterocycles. The summed E-state index contributed by atoms with van der Waals surface area (Å²) in [5.41, 5.74) is -0.679. The van der Waals surface area contributed by atoms with E-state index in [0.29, 0.717) is 17.5 Å². The van der Waals surface area contributed by atoms with Gasteiger partial charge in [0.1, 0.15) is 5.92 Å². The lowest BCUT2D eigenvalue weighted by Crippen LogP contribution is -2.30. The van der Waals surface area contributed by atoms with E-state index < -0.39 is 50.5 Å². The summed E-state index contributed by atoms with van der Waals surface area (Å²) in [7, 11) is -4.45. The highest BCUT2D eigenvalue weighted by atomic mass is 32.2. The summed E-state index contributed by atoms with van der Waals surface area (Å²) in [6.07, 6.45) is -0.614. The number of hydrogen-bond acceptors (Lipinski definition) is 5. The molecule has 1 aromatic heterocycles. The maximum Gasteiger partial charge on any atom is 0.417 e. The molecule has 0 bridgehead atoms. The second kappa shape index (κ2) is 9.66. The monoisotopic (exact) mass is 485 g/mol. The van der Waals surface area contributed by atoms with E-state index in [0.717, 1.165) is 44.2 Å². The van der Waals surface area contributed by atoms with Gasteiger partial charge in [0.15, 0.2) is 9.84 Å². The van der Waals surface area contributed by atoms with Gasteiger partial charge in [-0.3, -0.25) is 9.48 Å². The molecular formula is C22H26F3N3O4S. The number of carboxylic acid groups (broad SMARTS) is 1. The second-order valence-corrected chi connectivity index (χ2v) is 10.4. The number of sulfone groups is 1. The van der Waals surface area contributed by atoms with Crippen molar-refractivity contribution >= 4 is 21.5 Å². The molecule has 0 radical (unpaired) electrons. The van der Waals surface area contributed by atoms with Crippen molar-refractivity contribution in [3.05, 3.63) is 47.3 Å². The quantitative estimate of drug-likeness (QED) is 0.529. The number of aryl methyl sites for hydroxylation is 1. The molecule has 7 nitrogen and oxygen atoms in total. The number of benzene rings is 1. The van der Waals surface area contributed by atoms with E-state index in [1.54, 1.807) is 17.7 Å². The number of hydrogen-bond donors (Lipinski definition) is 2. The summed E-state index contributed by atoms with van der Waals surface area (Å²) >= 11 is 0. The van der Waals surface area contributed by atoms with Crippen LogP contribution in [-0.2, 0) is 20.8 Å². The highest BCUT2D eigenvalue weighted by molar-refractivity contribution is 7.91. The number of carboxylic acids is 1. The zero-order chi connectivity index (χ0) is 24.4. The fourth-order valence-corrected chi connectivity index (χ4v) is 5.82. The van der Waals surface area contributed by atoms with Gasteiger partial charge < -0.3 is 10.5 Å². The van der Waals surface area contributed by atoms with Crippen LogP contribution < -0.4 is 0 Å². The Balaban J connectivity index is 1.86. The predicted octanol–water partition coefficient (Wildman–Crippen LogP) is 4.65. The maximum atomic E-state index is 13.3. The topological polar surface area (TPSA) is 113 Å². The van der Waals surface area contributed by atoms with E-state index in [4.69, 9.17) is 5.41 Å². The molecule has 0 spiro atoms. The maximum absolute atomic E-state index is 13.3. The Kier molecular flexibility index (Phi) is 7.30. The van der Waals surface area contributed by atoms with Gasteiger partial charge >= 0.3 is 12.1 Å². The summed E-state index contributed by atoms with van der Waals surface area (Å²) in [6.45, 7) is 1.73. The van der Waals surface area contributed by atoms with E-state index in [-0.39, 0.29) is 11.8 Å². The summed E-state index contributed by atoms with van der Waals surface area (Å²) in [4.78, 5) is 11.1. The summed E-state index contributed by atoms with van der Waals surface area (Å²) in [5.74, 6) is -3.75. The molecule has 33 heavy (non-hydrogen) atoms. The number of aliphatic carboxylic acids is 1. The smallest absolute Gasteiger partial charge is 0.417 e. The molecule has 0 aliphatic heterocycles. The van der Waals surface area contributed by atoms with Crippen molar-refractivity contribution in [2.75, 3.05) is 5.75 Å². The number of alkyl halides is 3. The average Bonchev–Trinajstić information content (AvgIpc) is 3.15. The molecule has 1 aliphatic carbocycles. The first-order chi connectivity index (χ1) is 15.4. The first-order valence-corrected chi connectivity index (χ1v) is 12.3. The van der Waals surface area contributed by atoms with Crippen molar-refractivity contribution < 1.29 is 31.5 Å². The molecule has 1 heterocycles. The van der Waals surface area contributed by atoms with Crippen molar-refractivity contribution in [3.8, 4) is 0 Å². The Labute approximate surface area is 190 Å². The van der Waals surface area contributed by atoms with Crippen LogP contribution in [0.15, 0.2) is 35.2 Å². The fourth-order valence-electron chi connectivity index (χ4n) is 4.25. The van der Waals surface area contributed by atoms with Crippen molar-refractivity contribution in [3.63, 3.8) is 0 Å². The molecule has 180 valence electrons. The summed E-state index contributed by atoms with van der Waals surface area (Å²) in [5, 5.41) is 22.7. The lowest BCUT2D eigenvalue weighted by Gasteiger charge is -2.25. The molecular weight excluding hydrogens is 459 g/mol. The van der Waals surface area contributed by atoms with Gasteiger partial charge in [0.05, 0.1) is 39.4 Å². The van der Waals surface area contributed by atoms with Crippen LogP contribution in [0.25, 0.3) is 0 Å². The third-order valence-corrected chi connectivity index (χ3v) is 7.70. The minimum absolute atomic E-state index is 0.0274. The van der Waals surface area contributed by atoms with Gasteiger partial charge in [-0.1, -0.05) is 31.4 Å². The van der Waals surface area contributed by atoms with Gasteiger partial charge in [0.25, 0.3) is 0 Å². The van der Waals surface area contributed by atoms with E-state index in [1.807, 2.05) is 0 Å². The van der Waals surface area contributed by atoms with Crippen LogP contribution in [0.3, 0.4) is 0 Å². The SMILES string of the molecule is Cc1cc(C(=N)C(CCS(=O)(=O)c2ccccc2C(F)(F)F)C(=O)O)n(C2CCCCC2)n1. The molecule has 1 aromatic carbocycles. The van der Waals surface area contributed by atoms with Gasteiger partial charge in [-0.15, -0.1) is 0 Å². The van der Waals surface area contributed by atoms with Gasteiger partial charge in [-0.2, -0.15) is 18.3 Å². The van der Waals surface area contributed by atoms with Crippen molar-refractivity contribution in [1.29, 1.82) is 5.41 Å². The first kappa shape index (κ1) is 24.9. The van der Waals surface area contributed by atoms with E-state index in [1.165, 1.54) is 6.07 Å². The van der Waals surface area contributed by atoms with Gasteiger partial charge in [-0.05, 0) is 44.4 Å². The minimum Gasteiger partial charge on any atom is -0.481 e. The molecule has 1 fully saturated rings. The Hall–Kier alpha value is -2.69. The lowest BCUT2D eigenvalue weighted by atomic mass is 9.94. The first-order valence-electron chi connectivity index (χ1n) is 10.7. The van der Waals surface area contributed by atoms with Crippen molar-refractivity contribution in [2.45, 2.75) is 62.6 Å². The number of carbonyl (C=O) groups is 1. The van der Waals surface area contributed by atoms with Crippen LogP contribution >= 0.6 is 0 Å². The van der Waals surface area contributed by atoms with Crippen molar-refractivity contribution in [2.24, 2.45) is 5.92 Å². The van der Waals surface area contributed by atoms with Gasteiger partial charge in [0, 0.05) is 0 Å². The Morgan fingerprint density at radius 2 is 1.88 bits per heavy atom. The fraction of sp³-hybridized carbons (Fsp3) is 0.500. The molecule has 2 aromatic rings. The van der Waals surface area contributed by atoms with E-state index in [9.17, 15) is 31.5 Å². The largest absolute Gasteiger partial charge is 0.481 e. The predicted molar refractivity (Wildman–Crippen MR) is 115 cm³/mol. The molecule has 3 rings (SSSR count). The second-order valence-electron chi connectivity index (χ2n) is 8.31. The van der Waals surface area contributed by atoms with Crippen LogP contribution in [0.5, 0.6) is 0 Å². The highest BCUT2D eigenvalue weighted by Gasteiger charge is 2.38. The van der Waals surface area contributed by atoms with E-state index >= 15 is 0 Å². The minimum atomic E-state index is -4.87. The molecule has 1 atom stereocenters. The Morgan fingerprint density at radius 1 is 1.24 bits per heavy atom. The highest BCUT2D eigenvalue weighted by Crippen LogP contribution is 2.35. The average molecular weight is 486 g/mol. The zero-order valence-corrected chi connectivity index (χ0v) is 18.9. The van der Waals surface area contributed by atoms with Crippen LogP contribution in [0.4, 0.5) is 13.2 Å². The van der Waals surface area contributed by atoms with Crippen molar-refractivity contribution in [1.82, 2.24) is 9.78 Å². The van der Waals surface area contributed by atoms with Gasteiger partial charge in [0.2, 0.25) is 0 Å². The Bertz CT molecular complexity index is 1140. The number of rotatable bonds is 8. The van der Waals surface area contributed by atoms with Gasteiger partial charge in [-0.25, -0.2) is 8.42 Å². The Morgan fingerprint density at radius 3 is 2.48 bits per heavy atom. The van der Waals surface area contributed by atoms with E-state index in [2.05, 4.69) is 5.10 Å².